The predicted molar refractivity (Wildman–Crippen MR) is 112 cm³/mol. The summed E-state index contributed by atoms with van der Waals surface area (Å²) in [6, 6.07) is 3.03. The fraction of sp³-hybridized carbons (Fsp3) is 0.714. The van der Waals surface area contributed by atoms with Gasteiger partial charge in [-0.3, -0.25) is 0 Å². The lowest BCUT2D eigenvalue weighted by molar-refractivity contribution is -0.354. The second kappa shape index (κ2) is 11.2. The molecule has 2 saturated heterocycles. The Kier molecular flexibility index (Phi) is 8.78. The first kappa shape index (κ1) is 26.7. The van der Waals surface area contributed by atoms with Gasteiger partial charge in [-0.25, -0.2) is 0 Å². The Morgan fingerprint density at radius 3 is 1.94 bits per heavy atom. The van der Waals surface area contributed by atoms with Crippen molar-refractivity contribution in [2.24, 2.45) is 0 Å². The molecule has 0 saturated carbocycles. The van der Waals surface area contributed by atoms with Crippen molar-refractivity contribution >= 4 is 0 Å². The van der Waals surface area contributed by atoms with Gasteiger partial charge in [0.25, 0.3) is 0 Å². The monoisotopic (exact) mass is 492 g/mol. The first-order chi connectivity index (χ1) is 16.2. The molecule has 6 N–H and O–H groups in total. The molecular formula is C21H32O13. The van der Waals surface area contributed by atoms with Gasteiger partial charge in [0.2, 0.25) is 17.8 Å². The van der Waals surface area contributed by atoms with Crippen LogP contribution < -0.4 is 18.9 Å². The summed E-state index contributed by atoms with van der Waals surface area (Å²) >= 11 is 0. The maximum absolute atomic E-state index is 10.7. The molecule has 2 fully saturated rings. The number of hydrogen-bond donors (Lipinski definition) is 6. The molecule has 1 aromatic rings. The van der Waals surface area contributed by atoms with Crippen molar-refractivity contribution in [2.45, 2.75) is 68.3 Å². The standard InChI is InChI=1S/C21H32O13/c1-8-12(23)14(25)16(27)20(31-8)34-19-15(26)13(24)11(7-22)33-21(19)32-10-6-5-9(28-2)17(29-3)18(10)30-4/h5-6,8,11-16,19-27H,7H2,1-4H3/t8-,11-,12-,13-,14+,15+,16+,19-,20+,21-/m1/s1. The van der Waals surface area contributed by atoms with E-state index in [0.717, 1.165) is 0 Å². The molecule has 2 aliphatic rings. The van der Waals surface area contributed by atoms with E-state index >= 15 is 0 Å². The molecule has 2 heterocycles. The van der Waals surface area contributed by atoms with Crippen LogP contribution in [0, 0.1) is 0 Å². The van der Waals surface area contributed by atoms with Crippen LogP contribution >= 0.6 is 0 Å². The smallest absolute Gasteiger partial charge is 0.229 e. The largest absolute Gasteiger partial charge is 0.493 e. The normalized spacial score (nSPS) is 38.3. The summed E-state index contributed by atoms with van der Waals surface area (Å²) in [5.41, 5.74) is 0. The van der Waals surface area contributed by atoms with Crippen LogP contribution in [0.15, 0.2) is 12.1 Å². The van der Waals surface area contributed by atoms with E-state index in [9.17, 15) is 30.6 Å². The van der Waals surface area contributed by atoms with Crippen LogP contribution in [-0.4, -0.2) is 120 Å². The van der Waals surface area contributed by atoms with Crippen molar-refractivity contribution in [3.63, 3.8) is 0 Å². The van der Waals surface area contributed by atoms with E-state index in [4.69, 9.17) is 33.2 Å². The highest BCUT2D eigenvalue weighted by Crippen LogP contribution is 2.45. The van der Waals surface area contributed by atoms with Gasteiger partial charge in [0.15, 0.2) is 23.9 Å². The number of benzene rings is 1. The van der Waals surface area contributed by atoms with Crippen LogP contribution in [0.3, 0.4) is 0 Å². The summed E-state index contributed by atoms with van der Waals surface area (Å²) in [4.78, 5) is 0. The Morgan fingerprint density at radius 1 is 0.735 bits per heavy atom. The molecule has 0 radical (unpaired) electrons. The molecule has 13 nitrogen and oxygen atoms in total. The molecule has 1 aromatic carbocycles. The third kappa shape index (κ3) is 5.03. The Bertz CT molecular complexity index is 807. The van der Waals surface area contributed by atoms with Crippen molar-refractivity contribution < 1.29 is 63.8 Å². The van der Waals surface area contributed by atoms with Crippen LogP contribution in [0.25, 0.3) is 0 Å². The van der Waals surface area contributed by atoms with Crippen molar-refractivity contribution in [3.05, 3.63) is 12.1 Å². The molecule has 0 bridgehead atoms. The highest BCUT2D eigenvalue weighted by molar-refractivity contribution is 5.59. The van der Waals surface area contributed by atoms with Gasteiger partial charge in [-0.1, -0.05) is 0 Å². The minimum atomic E-state index is -1.68. The molecule has 0 aromatic heterocycles. The SMILES string of the molecule is COc1ccc(O[C@@H]2O[C@H](CO)[C@@H](O)[C@H](O)[C@H]2O[C@@H]2O[C@H](C)[C@@H](O)[C@H](O)[C@@H]2O)c(OC)c1OC. The zero-order chi connectivity index (χ0) is 25.2. The predicted octanol–water partition coefficient (Wildman–Crippen LogP) is -2.26. The topological polar surface area (TPSA) is 186 Å². The van der Waals surface area contributed by atoms with Crippen LogP contribution in [-0.2, 0) is 14.2 Å². The zero-order valence-corrected chi connectivity index (χ0v) is 19.2. The summed E-state index contributed by atoms with van der Waals surface area (Å²) in [7, 11) is 4.21. The second-order valence-electron chi connectivity index (χ2n) is 7.94. The minimum absolute atomic E-state index is 0.0907. The summed E-state index contributed by atoms with van der Waals surface area (Å²) in [5.74, 6) is 0.791. The van der Waals surface area contributed by atoms with Crippen LogP contribution in [0.4, 0.5) is 0 Å². The molecule has 0 amide bonds. The lowest BCUT2D eigenvalue weighted by Gasteiger charge is -2.45. The highest BCUT2D eigenvalue weighted by atomic mass is 16.8. The highest BCUT2D eigenvalue weighted by Gasteiger charge is 2.51. The van der Waals surface area contributed by atoms with Gasteiger partial charge in [-0.15, -0.1) is 0 Å². The van der Waals surface area contributed by atoms with E-state index in [-0.39, 0.29) is 17.2 Å². The second-order valence-corrected chi connectivity index (χ2v) is 7.94. The summed E-state index contributed by atoms with van der Waals surface area (Å²) < 4.78 is 38.6. The number of hydrogen-bond acceptors (Lipinski definition) is 13. The third-order valence-corrected chi connectivity index (χ3v) is 5.84. The minimum Gasteiger partial charge on any atom is -0.493 e. The van der Waals surface area contributed by atoms with Gasteiger partial charge >= 0.3 is 0 Å². The van der Waals surface area contributed by atoms with Crippen LogP contribution in [0.1, 0.15) is 6.92 Å². The molecule has 3 rings (SSSR count). The van der Waals surface area contributed by atoms with Crippen LogP contribution in [0.2, 0.25) is 0 Å². The van der Waals surface area contributed by atoms with Crippen molar-refractivity contribution in [3.8, 4) is 23.0 Å². The van der Waals surface area contributed by atoms with Gasteiger partial charge < -0.3 is 63.8 Å². The number of aliphatic hydroxyl groups is 6. The number of methoxy groups -OCH3 is 3. The average Bonchev–Trinajstić information content (AvgIpc) is 2.84. The van der Waals surface area contributed by atoms with E-state index < -0.39 is 68.0 Å². The Hall–Kier alpha value is -1.94. The van der Waals surface area contributed by atoms with Gasteiger partial charge in [0.05, 0.1) is 34.0 Å². The van der Waals surface area contributed by atoms with E-state index in [1.165, 1.54) is 40.4 Å². The lowest BCUT2D eigenvalue weighted by Crippen LogP contribution is -2.64. The van der Waals surface area contributed by atoms with Gasteiger partial charge in [-0.2, -0.15) is 0 Å². The molecular weight excluding hydrogens is 460 g/mol. The Balaban J connectivity index is 1.91. The Morgan fingerprint density at radius 2 is 1.35 bits per heavy atom. The van der Waals surface area contributed by atoms with E-state index in [0.29, 0.717) is 5.75 Å². The molecule has 13 heteroatoms. The maximum atomic E-state index is 10.7. The molecule has 194 valence electrons. The van der Waals surface area contributed by atoms with E-state index in [2.05, 4.69) is 0 Å². The fourth-order valence-corrected chi connectivity index (χ4v) is 3.87. The number of ether oxygens (including phenoxy) is 7. The van der Waals surface area contributed by atoms with Crippen molar-refractivity contribution in [2.75, 3.05) is 27.9 Å². The first-order valence-electron chi connectivity index (χ1n) is 10.6. The number of aliphatic hydroxyl groups excluding tert-OH is 6. The lowest BCUT2D eigenvalue weighted by atomic mass is 9.97. The molecule has 10 atom stereocenters. The van der Waals surface area contributed by atoms with E-state index in [1.54, 1.807) is 0 Å². The molecule has 0 unspecified atom stereocenters. The fourth-order valence-electron chi connectivity index (χ4n) is 3.87. The maximum Gasteiger partial charge on any atom is 0.229 e. The van der Waals surface area contributed by atoms with Gasteiger partial charge in [0.1, 0.15) is 36.6 Å². The molecule has 0 aliphatic carbocycles. The Labute approximate surface area is 195 Å². The van der Waals surface area contributed by atoms with Gasteiger partial charge in [0, 0.05) is 0 Å². The van der Waals surface area contributed by atoms with Crippen LogP contribution in [0.5, 0.6) is 23.0 Å². The third-order valence-electron chi connectivity index (χ3n) is 5.84. The quantitative estimate of drug-likeness (QED) is 0.229. The summed E-state index contributed by atoms with van der Waals surface area (Å²) in [6.45, 7) is 0.821. The summed E-state index contributed by atoms with van der Waals surface area (Å²) in [5, 5.41) is 61.0. The van der Waals surface area contributed by atoms with E-state index in [1.807, 2.05) is 0 Å². The average molecular weight is 492 g/mol. The van der Waals surface area contributed by atoms with Crippen molar-refractivity contribution in [1.82, 2.24) is 0 Å². The van der Waals surface area contributed by atoms with Gasteiger partial charge in [-0.05, 0) is 19.1 Å². The molecule has 2 aliphatic heterocycles. The first-order valence-corrected chi connectivity index (χ1v) is 10.6. The summed E-state index contributed by atoms with van der Waals surface area (Å²) in [6.07, 6.45) is -14.4. The number of rotatable bonds is 8. The zero-order valence-electron chi connectivity index (χ0n) is 19.2. The molecule has 0 spiro atoms. The molecule has 34 heavy (non-hydrogen) atoms. The van der Waals surface area contributed by atoms with Crippen molar-refractivity contribution in [1.29, 1.82) is 0 Å².